The van der Waals surface area contributed by atoms with Crippen molar-refractivity contribution in [3.63, 3.8) is 0 Å². The molecule has 3 nitrogen and oxygen atoms in total. The highest BCUT2D eigenvalue weighted by Gasteiger charge is 2.29. The number of carbonyl (C=O) groups is 1. The maximum atomic E-state index is 11.7. The minimum Gasteiger partial charge on any atom is -0.349 e. The summed E-state index contributed by atoms with van der Waals surface area (Å²) in [6, 6.07) is 0. The van der Waals surface area contributed by atoms with Gasteiger partial charge in [-0.05, 0) is 19.3 Å². The summed E-state index contributed by atoms with van der Waals surface area (Å²) in [6.45, 7) is 10.6. The average molecular weight is 237 g/mol. The fourth-order valence-corrected chi connectivity index (χ4v) is 1.02. The lowest BCUT2D eigenvalue weighted by atomic mass is 9.88. The van der Waals surface area contributed by atoms with Crippen LogP contribution in [0.5, 0.6) is 0 Å². The van der Waals surface area contributed by atoms with Gasteiger partial charge in [-0.1, -0.05) is 27.7 Å². The number of nitrogens with two attached hydrogens (primary N) is 1. The molecule has 2 atom stereocenters. The van der Waals surface area contributed by atoms with Crippen LogP contribution in [0.4, 0.5) is 0 Å². The Kier molecular flexibility index (Phi) is 8.07. The van der Waals surface area contributed by atoms with Gasteiger partial charge in [0.1, 0.15) is 0 Å². The molecule has 0 aromatic heterocycles. The van der Waals surface area contributed by atoms with Crippen molar-refractivity contribution in [3.8, 4) is 0 Å². The average Bonchev–Trinajstić information content (AvgIpc) is 2.15. The lowest BCUT2D eigenvalue weighted by molar-refractivity contribution is -0.126. The van der Waals surface area contributed by atoms with E-state index in [0.29, 0.717) is 12.5 Å². The molecule has 0 aliphatic heterocycles. The van der Waals surface area contributed by atoms with Crippen molar-refractivity contribution < 1.29 is 4.79 Å². The SMILES string of the molecule is CCC(C)C(=O)NC(C)(CN)C(C)C.Cl. The van der Waals surface area contributed by atoms with E-state index >= 15 is 0 Å². The molecular formula is C11H25ClN2O. The van der Waals surface area contributed by atoms with Gasteiger partial charge in [-0.25, -0.2) is 0 Å². The van der Waals surface area contributed by atoms with Crippen LogP contribution in [0.1, 0.15) is 41.0 Å². The van der Waals surface area contributed by atoms with E-state index in [9.17, 15) is 4.79 Å². The van der Waals surface area contributed by atoms with E-state index in [0.717, 1.165) is 6.42 Å². The zero-order chi connectivity index (χ0) is 11.4. The first-order valence-electron chi connectivity index (χ1n) is 5.39. The molecule has 0 fully saturated rings. The zero-order valence-corrected chi connectivity index (χ0v) is 11.3. The Bertz CT molecular complexity index is 197. The van der Waals surface area contributed by atoms with Gasteiger partial charge in [-0.15, -0.1) is 12.4 Å². The molecule has 0 rings (SSSR count). The van der Waals surface area contributed by atoms with Gasteiger partial charge in [0.15, 0.2) is 0 Å². The summed E-state index contributed by atoms with van der Waals surface area (Å²) in [5, 5.41) is 3.03. The number of halogens is 1. The molecule has 3 N–H and O–H groups in total. The first-order valence-corrected chi connectivity index (χ1v) is 5.39. The highest BCUT2D eigenvalue weighted by Crippen LogP contribution is 2.16. The molecule has 0 aromatic carbocycles. The molecule has 0 aromatic rings. The van der Waals surface area contributed by atoms with Crippen molar-refractivity contribution >= 4 is 18.3 Å². The number of amides is 1. The summed E-state index contributed by atoms with van der Waals surface area (Å²) >= 11 is 0. The van der Waals surface area contributed by atoms with Crippen LogP contribution in [-0.4, -0.2) is 18.0 Å². The quantitative estimate of drug-likeness (QED) is 0.767. The number of carbonyl (C=O) groups excluding carboxylic acids is 1. The first kappa shape index (κ1) is 17.1. The summed E-state index contributed by atoms with van der Waals surface area (Å²) in [5.74, 6) is 0.522. The fraction of sp³-hybridized carbons (Fsp3) is 0.909. The highest BCUT2D eigenvalue weighted by molar-refractivity contribution is 5.85. The fourth-order valence-electron chi connectivity index (χ4n) is 1.02. The van der Waals surface area contributed by atoms with Gasteiger partial charge < -0.3 is 11.1 Å². The summed E-state index contributed by atoms with van der Waals surface area (Å²) in [4.78, 5) is 11.7. The second-order valence-corrected chi connectivity index (χ2v) is 4.57. The number of rotatable bonds is 5. The van der Waals surface area contributed by atoms with E-state index in [-0.39, 0.29) is 29.8 Å². The van der Waals surface area contributed by atoms with Gasteiger partial charge in [0.25, 0.3) is 0 Å². The minimum atomic E-state index is -0.277. The standard InChI is InChI=1S/C11H24N2O.ClH/c1-6-9(4)10(14)13-11(5,7-12)8(2)3;/h8-9H,6-7,12H2,1-5H3,(H,13,14);1H. The Morgan fingerprint density at radius 3 is 2.13 bits per heavy atom. The van der Waals surface area contributed by atoms with Gasteiger partial charge in [-0.2, -0.15) is 0 Å². The predicted octanol–water partition coefficient (Wildman–Crippen LogP) is 1.94. The van der Waals surface area contributed by atoms with E-state index < -0.39 is 0 Å². The van der Waals surface area contributed by atoms with Gasteiger partial charge in [0, 0.05) is 12.5 Å². The molecule has 15 heavy (non-hydrogen) atoms. The van der Waals surface area contributed by atoms with Crippen LogP contribution in [-0.2, 0) is 4.79 Å². The van der Waals surface area contributed by atoms with Gasteiger partial charge >= 0.3 is 0 Å². The Hall–Kier alpha value is -0.280. The van der Waals surface area contributed by atoms with Crippen molar-refractivity contribution in [3.05, 3.63) is 0 Å². The molecule has 0 radical (unpaired) electrons. The number of hydrogen-bond acceptors (Lipinski definition) is 2. The molecule has 0 heterocycles. The Balaban J connectivity index is 0. The van der Waals surface area contributed by atoms with Crippen molar-refractivity contribution in [1.82, 2.24) is 5.32 Å². The predicted molar refractivity (Wildman–Crippen MR) is 67.1 cm³/mol. The van der Waals surface area contributed by atoms with Crippen LogP contribution in [0.2, 0.25) is 0 Å². The molecule has 0 aliphatic rings. The summed E-state index contributed by atoms with van der Waals surface area (Å²) in [6.07, 6.45) is 0.866. The van der Waals surface area contributed by atoms with Crippen LogP contribution in [0.25, 0.3) is 0 Å². The molecule has 0 saturated carbocycles. The molecule has 0 bridgehead atoms. The van der Waals surface area contributed by atoms with Gasteiger partial charge in [0.2, 0.25) is 5.91 Å². The van der Waals surface area contributed by atoms with Crippen LogP contribution >= 0.6 is 12.4 Å². The third kappa shape index (κ3) is 4.85. The van der Waals surface area contributed by atoms with E-state index in [1.165, 1.54) is 0 Å². The summed E-state index contributed by atoms with van der Waals surface area (Å²) in [7, 11) is 0. The normalized spacial score (nSPS) is 16.5. The summed E-state index contributed by atoms with van der Waals surface area (Å²) in [5.41, 5.74) is 5.41. The third-order valence-corrected chi connectivity index (χ3v) is 3.17. The molecule has 0 aliphatic carbocycles. The van der Waals surface area contributed by atoms with Crippen molar-refractivity contribution in [1.29, 1.82) is 0 Å². The molecule has 1 amide bonds. The molecule has 0 saturated heterocycles. The monoisotopic (exact) mass is 236 g/mol. The van der Waals surface area contributed by atoms with E-state index in [1.54, 1.807) is 0 Å². The Labute approximate surface area is 99.6 Å². The lowest BCUT2D eigenvalue weighted by Crippen LogP contribution is -2.56. The molecular weight excluding hydrogens is 212 g/mol. The lowest BCUT2D eigenvalue weighted by Gasteiger charge is -2.34. The minimum absolute atomic E-state index is 0. The number of nitrogens with one attached hydrogen (secondary N) is 1. The molecule has 0 spiro atoms. The highest BCUT2D eigenvalue weighted by atomic mass is 35.5. The number of hydrogen-bond donors (Lipinski definition) is 2. The Morgan fingerprint density at radius 1 is 1.40 bits per heavy atom. The first-order chi connectivity index (χ1) is 6.37. The Morgan fingerprint density at radius 2 is 1.87 bits per heavy atom. The molecule has 4 heteroatoms. The van der Waals surface area contributed by atoms with Gasteiger partial charge in [-0.3, -0.25) is 4.79 Å². The van der Waals surface area contributed by atoms with E-state index in [1.807, 2.05) is 20.8 Å². The smallest absolute Gasteiger partial charge is 0.223 e. The van der Waals surface area contributed by atoms with Crippen LogP contribution in [0.3, 0.4) is 0 Å². The van der Waals surface area contributed by atoms with Crippen LogP contribution in [0.15, 0.2) is 0 Å². The summed E-state index contributed by atoms with van der Waals surface area (Å²) < 4.78 is 0. The van der Waals surface area contributed by atoms with Crippen molar-refractivity contribution in [2.45, 2.75) is 46.6 Å². The second-order valence-electron chi connectivity index (χ2n) is 4.57. The maximum Gasteiger partial charge on any atom is 0.223 e. The van der Waals surface area contributed by atoms with Crippen LogP contribution < -0.4 is 11.1 Å². The van der Waals surface area contributed by atoms with E-state index in [4.69, 9.17) is 5.73 Å². The van der Waals surface area contributed by atoms with Crippen LogP contribution in [0, 0.1) is 11.8 Å². The maximum absolute atomic E-state index is 11.7. The second kappa shape index (κ2) is 7.07. The topological polar surface area (TPSA) is 55.1 Å². The van der Waals surface area contributed by atoms with Gasteiger partial charge in [0.05, 0.1) is 5.54 Å². The molecule has 2 unspecified atom stereocenters. The third-order valence-electron chi connectivity index (χ3n) is 3.17. The van der Waals surface area contributed by atoms with Crippen molar-refractivity contribution in [2.75, 3.05) is 6.54 Å². The largest absolute Gasteiger partial charge is 0.349 e. The van der Waals surface area contributed by atoms with Crippen molar-refractivity contribution in [2.24, 2.45) is 17.6 Å². The van der Waals surface area contributed by atoms with E-state index in [2.05, 4.69) is 19.2 Å². The molecule has 92 valence electrons. The zero-order valence-electron chi connectivity index (χ0n) is 10.5.